The minimum absolute atomic E-state index is 0.113. The Labute approximate surface area is 158 Å². The molecular weight excluding hydrogens is 344 g/mol. The lowest BCUT2D eigenvalue weighted by Crippen LogP contribution is -2.39. The van der Waals surface area contributed by atoms with Gasteiger partial charge in [0.1, 0.15) is 5.69 Å². The van der Waals surface area contributed by atoms with Gasteiger partial charge in [-0.05, 0) is 42.5 Å². The van der Waals surface area contributed by atoms with Gasteiger partial charge in [-0.1, -0.05) is 26.0 Å². The molecule has 1 aromatic carbocycles. The molecule has 0 aliphatic carbocycles. The number of carboxylic acid groups (broad SMARTS) is 1. The molecule has 0 radical (unpaired) electrons. The van der Waals surface area contributed by atoms with Crippen molar-refractivity contribution in [3.63, 3.8) is 0 Å². The molecule has 0 spiro atoms. The van der Waals surface area contributed by atoms with Gasteiger partial charge in [-0.2, -0.15) is 0 Å². The van der Waals surface area contributed by atoms with Crippen molar-refractivity contribution in [1.29, 1.82) is 0 Å². The van der Waals surface area contributed by atoms with Crippen molar-refractivity contribution in [1.82, 2.24) is 14.9 Å². The lowest BCUT2D eigenvalue weighted by molar-refractivity contribution is 0.0692. The van der Waals surface area contributed by atoms with Gasteiger partial charge in [0.25, 0.3) is 5.91 Å². The number of nitrogen functional groups attached to an aromatic ring is 1. The first-order chi connectivity index (χ1) is 12.8. The average molecular weight is 368 g/mol. The molecule has 7 nitrogen and oxygen atoms in total. The predicted octanol–water partition coefficient (Wildman–Crippen LogP) is 2.90. The maximum Gasteiger partial charge on any atom is 0.335 e. The molecule has 142 valence electrons. The van der Waals surface area contributed by atoms with Crippen LogP contribution in [0, 0.1) is 0 Å². The van der Waals surface area contributed by atoms with Gasteiger partial charge in [-0.15, -0.1) is 0 Å². The number of rotatable bonds is 4. The summed E-state index contributed by atoms with van der Waals surface area (Å²) >= 11 is 0. The number of piperidine rings is 1. The van der Waals surface area contributed by atoms with E-state index in [0.717, 1.165) is 24.1 Å². The van der Waals surface area contributed by atoms with Gasteiger partial charge < -0.3 is 15.7 Å². The zero-order valence-electron chi connectivity index (χ0n) is 15.6. The summed E-state index contributed by atoms with van der Waals surface area (Å²) in [6, 6.07) is 8.61. The van der Waals surface area contributed by atoms with Crippen LogP contribution in [0.25, 0.3) is 0 Å². The van der Waals surface area contributed by atoms with Crippen molar-refractivity contribution >= 4 is 17.8 Å². The van der Waals surface area contributed by atoms with E-state index in [1.807, 2.05) is 26.0 Å². The summed E-state index contributed by atoms with van der Waals surface area (Å²) in [5.74, 6) is -0.637. The molecule has 1 amide bonds. The number of hydrogen-bond acceptors (Lipinski definition) is 5. The number of nitrogens with zero attached hydrogens (tertiary/aromatic N) is 3. The van der Waals surface area contributed by atoms with E-state index in [9.17, 15) is 9.59 Å². The van der Waals surface area contributed by atoms with Crippen LogP contribution in [0.2, 0.25) is 0 Å². The fourth-order valence-electron chi connectivity index (χ4n) is 3.38. The zero-order chi connectivity index (χ0) is 19.6. The maximum absolute atomic E-state index is 12.9. The number of amides is 1. The zero-order valence-corrected chi connectivity index (χ0v) is 15.6. The number of carboxylic acids is 1. The van der Waals surface area contributed by atoms with Crippen molar-refractivity contribution in [2.75, 3.05) is 18.8 Å². The van der Waals surface area contributed by atoms with Crippen molar-refractivity contribution < 1.29 is 14.7 Å². The molecule has 1 aliphatic heterocycles. The number of aromatic carboxylic acids is 1. The fraction of sp³-hybridized carbons (Fsp3) is 0.400. The molecule has 3 rings (SSSR count). The van der Waals surface area contributed by atoms with Crippen LogP contribution in [-0.4, -0.2) is 44.9 Å². The number of anilines is 1. The van der Waals surface area contributed by atoms with E-state index < -0.39 is 5.97 Å². The van der Waals surface area contributed by atoms with E-state index in [2.05, 4.69) is 9.97 Å². The molecule has 1 saturated heterocycles. The van der Waals surface area contributed by atoms with Gasteiger partial charge >= 0.3 is 5.97 Å². The van der Waals surface area contributed by atoms with Crippen LogP contribution in [0.5, 0.6) is 0 Å². The standard InChI is InChI=1S/C20H24N4O3/c1-12(2)16-10-17(23-20(21)22-16)18(25)24-9-3-4-15(11-24)13-5-7-14(8-6-13)19(26)27/h5-8,10,12,15H,3-4,9,11H2,1-2H3,(H,26,27)(H2,21,22,23). The van der Waals surface area contributed by atoms with E-state index in [1.165, 1.54) is 0 Å². The summed E-state index contributed by atoms with van der Waals surface area (Å²) in [6.45, 7) is 5.23. The minimum atomic E-state index is -0.940. The summed E-state index contributed by atoms with van der Waals surface area (Å²) in [5, 5.41) is 9.04. The van der Waals surface area contributed by atoms with Crippen molar-refractivity contribution in [3.8, 4) is 0 Å². The molecule has 1 aliphatic rings. The first-order valence-corrected chi connectivity index (χ1v) is 9.12. The van der Waals surface area contributed by atoms with Gasteiger partial charge in [0.15, 0.2) is 0 Å². The molecule has 7 heteroatoms. The van der Waals surface area contributed by atoms with Crippen LogP contribution in [-0.2, 0) is 0 Å². The second-order valence-corrected chi connectivity index (χ2v) is 7.21. The Morgan fingerprint density at radius 2 is 1.93 bits per heavy atom. The Morgan fingerprint density at radius 3 is 2.56 bits per heavy atom. The second-order valence-electron chi connectivity index (χ2n) is 7.21. The Bertz CT molecular complexity index is 849. The molecule has 2 heterocycles. The summed E-state index contributed by atoms with van der Waals surface area (Å²) in [6.07, 6.45) is 1.84. The third-order valence-corrected chi connectivity index (χ3v) is 4.91. The molecule has 1 unspecified atom stereocenters. The van der Waals surface area contributed by atoms with E-state index >= 15 is 0 Å². The normalized spacial score (nSPS) is 17.1. The largest absolute Gasteiger partial charge is 0.478 e. The van der Waals surface area contributed by atoms with Crippen molar-refractivity contribution in [2.45, 2.75) is 38.5 Å². The van der Waals surface area contributed by atoms with E-state index in [4.69, 9.17) is 10.8 Å². The highest BCUT2D eigenvalue weighted by atomic mass is 16.4. The summed E-state index contributed by atoms with van der Waals surface area (Å²) in [7, 11) is 0. The first-order valence-electron chi connectivity index (χ1n) is 9.12. The van der Waals surface area contributed by atoms with Crippen LogP contribution >= 0.6 is 0 Å². The monoisotopic (exact) mass is 368 g/mol. The molecule has 1 fully saturated rings. The smallest absolute Gasteiger partial charge is 0.335 e. The quantitative estimate of drug-likeness (QED) is 0.859. The number of benzene rings is 1. The molecule has 1 atom stereocenters. The highest BCUT2D eigenvalue weighted by Gasteiger charge is 2.27. The number of carbonyl (C=O) groups is 2. The van der Waals surface area contributed by atoms with Gasteiger partial charge in [-0.3, -0.25) is 4.79 Å². The van der Waals surface area contributed by atoms with Gasteiger partial charge in [-0.25, -0.2) is 14.8 Å². The van der Waals surface area contributed by atoms with E-state index in [0.29, 0.717) is 18.8 Å². The lowest BCUT2D eigenvalue weighted by Gasteiger charge is -2.33. The van der Waals surface area contributed by atoms with E-state index in [1.54, 1.807) is 23.1 Å². The minimum Gasteiger partial charge on any atom is -0.478 e. The Balaban J connectivity index is 1.77. The lowest BCUT2D eigenvalue weighted by atomic mass is 9.90. The number of aromatic nitrogens is 2. The summed E-state index contributed by atoms with van der Waals surface area (Å²) in [4.78, 5) is 34.1. The van der Waals surface area contributed by atoms with Crippen LogP contribution < -0.4 is 5.73 Å². The third-order valence-electron chi connectivity index (χ3n) is 4.91. The summed E-state index contributed by atoms with van der Waals surface area (Å²) < 4.78 is 0. The van der Waals surface area contributed by atoms with Gasteiger partial charge in [0.2, 0.25) is 5.95 Å². The summed E-state index contributed by atoms with van der Waals surface area (Å²) in [5.41, 5.74) is 8.17. The molecule has 0 saturated carbocycles. The van der Waals surface area contributed by atoms with Gasteiger partial charge in [0, 0.05) is 24.7 Å². The van der Waals surface area contributed by atoms with Crippen molar-refractivity contribution in [2.24, 2.45) is 0 Å². The predicted molar refractivity (Wildman–Crippen MR) is 102 cm³/mol. The number of likely N-dealkylation sites (tertiary alicyclic amines) is 1. The van der Waals surface area contributed by atoms with Gasteiger partial charge in [0.05, 0.1) is 5.56 Å². The molecule has 1 aromatic heterocycles. The van der Waals surface area contributed by atoms with Crippen molar-refractivity contribution in [3.05, 3.63) is 52.8 Å². The number of nitrogens with two attached hydrogens (primary N) is 1. The molecular formula is C20H24N4O3. The first kappa shape index (κ1) is 18.8. The van der Waals surface area contributed by atoms with Crippen LogP contribution in [0.3, 0.4) is 0 Å². The Kier molecular flexibility index (Phi) is 5.39. The fourth-order valence-corrected chi connectivity index (χ4v) is 3.38. The average Bonchev–Trinajstić information content (AvgIpc) is 2.67. The maximum atomic E-state index is 12.9. The Morgan fingerprint density at radius 1 is 1.22 bits per heavy atom. The molecule has 27 heavy (non-hydrogen) atoms. The number of carbonyl (C=O) groups excluding carboxylic acids is 1. The Hall–Kier alpha value is -2.96. The number of hydrogen-bond donors (Lipinski definition) is 2. The highest BCUT2D eigenvalue weighted by Crippen LogP contribution is 2.28. The highest BCUT2D eigenvalue weighted by molar-refractivity contribution is 5.92. The second kappa shape index (κ2) is 7.73. The topological polar surface area (TPSA) is 109 Å². The molecule has 0 bridgehead atoms. The van der Waals surface area contributed by atoms with Crippen LogP contribution in [0.4, 0.5) is 5.95 Å². The van der Waals surface area contributed by atoms with Crippen LogP contribution in [0.1, 0.15) is 70.6 Å². The van der Waals surface area contributed by atoms with E-state index in [-0.39, 0.29) is 29.3 Å². The third kappa shape index (κ3) is 4.24. The molecule has 2 aromatic rings. The van der Waals surface area contributed by atoms with Crippen LogP contribution in [0.15, 0.2) is 30.3 Å². The SMILES string of the molecule is CC(C)c1cc(C(=O)N2CCCC(c3ccc(C(=O)O)cc3)C2)nc(N)n1. The molecule has 3 N–H and O–H groups in total.